The molecule has 256 valence electrons. The van der Waals surface area contributed by atoms with Crippen LogP contribution in [0.25, 0.3) is 105 Å². The van der Waals surface area contributed by atoms with Gasteiger partial charge >= 0.3 is 0 Å². The lowest BCUT2D eigenvalue weighted by Crippen LogP contribution is -2.02. The van der Waals surface area contributed by atoms with Crippen molar-refractivity contribution < 1.29 is 0 Å². The van der Waals surface area contributed by atoms with E-state index in [-0.39, 0.29) is 0 Å². The van der Waals surface area contributed by atoms with Crippen LogP contribution < -0.4 is 0 Å². The van der Waals surface area contributed by atoms with Gasteiger partial charge in [-0.1, -0.05) is 152 Å². The Kier molecular flexibility index (Phi) is 7.14. The number of nitrogens with zero attached hydrogens (tertiary/aromatic N) is 4. The summed E-state index contributed by atoms with van der Waals surface area (Å²) >= 11 is 0. The Morgan fingerprint density at radius 3 is 1.60 bits per heavy atom. The Morgan fingerprint density at radius 2 is 0.836 bits per heavy atom. The van der Waals surface area contributed by atoms with Gasteiger partial charge < -0.3 is 4.57 Å². The van der Waals surface area contributed by atoms with Gasteiger partial charge in [0.05, 0.1) is 16.7 Å². The van der Waals surface area contributed by atoms with Gasteiger partial charge in [-0.05, 0) is 80.5 Å². The van der Waals surface area contributed by atoms with Crippen molar-refractivity contribution in [2.75, 3.05) is 0 Å². The van der Waals surface area contributed by atoms with Gasteiger partial charge in [-0.15, -0.1) is 0 Å². The Labute approximate surface area is 317 Å². The molecule has 4 heteroatoms. The predicted molar refractivity (Wildman–Crippen MR) is 228 cm³/mol. The summed E-state index contributed by atoms with van der Waals surface area (Å²) in [6, 6.07) is 68.7. The van der Waals surface area contributed by atoms with Gasteiger partial charge in [0.15, 0.2) is 17.5 Å². The van der Waals surface area contributed by atoms with Crippen LogP contribution in [0.5, 0.6) is 0 Å². The van der Waals surface area contributed by atoms with Crippen molar-refractivity contribution in [1.82, 2.24) is 19.5 Å². The van der Waals surface area contributed by atoms with Crippen molar-refractivity contribution in [3.05, 3.63) is 194 Å². The van der Waals surface area contributed by atoms with E-state index in [1.54, 1.807) is 0 Å². The molecule has 0 N–H and O–H groups in total. The molecule has 2 heterocycles. The van der Waals surface area contributed by atoms with Crippen molar-refractivity contribution in [1.29, 1.82) is 0 Å². The second-order valence-electron chi connectivity index (χ2n) is 14.1. The third-order valence-electron chi connectivity index (χ3n) is 10.8. The van der Waals surface area contributed by atoms with E-state index < -0.39 is 0 Å². The van der Waals surface area contributed by atoms with Crippen molar-refractivity contribution in [3.63, 3.8) is 0 Å². The first-order chi connectivity index (χ1) is 27.2. The summed E-state index contributed by atoms with van der Waals surface area (Å²) in [5, 5.41) is 9.43. The fourth-order valence-electron chi connectivity index (χ4n) is 8.12. The number of rotatable bonds is 5. The van der Waals surface area contributed by atoms with Gasteiger partial charge in [-0.3, -0.25) is 0 Å². The minimum atomic E-state index is 0.638. The van der Waals surface area contributed by atoms with Gasteiger partial charge in [0.1, 0.15) is 0 Å². The summed E-state index contributed by atoms with van der Waals surface area (Å²) in [4.78, 5) is 15.4. The molecule has 0 aliphatic heterocycles. The first-order valence-corrected chi connectivity index (χ1v) is 18.6. The monoisotopic (exact) mass is 700 g/mol. The average molecular weight is 701 g/mol. The second kappa shape index (κ2) is 12.6. The number of hydrogen-bond acceptors (Lipinski definition) is 3. The molecule has 11 rings (SSSR count). The number of hydrogen-bond donors (Lipinski definition) is 0. The van der Waals surface area contributed by atoms with Crippen LogP contribution in [-0.4, -0.2) is 19.5 Å². The highest BCUT2D eigenvalue weighted by molar-refractivity contribution is 6.15. The van der Waals surface area contributed by atoms with Crippen LogP contribution in [0, 0.1) is 0 Å². The second-order valence-corrected chi connectivity index (χ2v) is 14.1. The molecule has 2 aromatic heterocycles. The summed E-state index contributed by atoms with van der Waals surface area (Å²) < 4.78 is 2.41. The lowest BCUT2D eigenvalue weighted by Gasteiger charge is -2.15. The lowest BCUT2D eigenvalue weighted by molar-refractivity contribution is 1.08. The van der Waals surface area contributed by atoms with E-state index in [9.17, 15) is 0 Å². The van der Waals surface area contributed by atoms with E-state index in [2.05, 4.69) is 174 Å². The van der Waals surface area contributed by atoms with Crippen LogP contribution in [0.15, 0.2) is 194 Å². The SMILES string of the molecule is c1ccc(-c2ccc3cc(-c4nc(-c5ccccc5)nc(-c5ccc(-n6c7ccccc7c7cc8ccccc8cc76)c6ccccc56)n4)ccc3c2)cc1. The largest absolute Gasteiger partial charge is 0.309 e. The molecular weight excluding hydrogens is 669 g/mol. The highest BCUT2D eigenvalue weighted by Gasteiger charge is 2.19. The summed E-state index contributed by atoms with van der Waals surface area (Å²) in [6.45, 7) is 0. The van der Waals surface area contributed by atoms with Gasteiger partial charge in [-0.2, -0.15) is 0 Å². The van der Waals surface area contributed by atoms with Crippen LogP contribution in [0.3, 0.4) is 0 Å². The molecule has 0 spiro atoms. The molecule has 0 unspecified atom stereocenters. The van der Waals surface area contributed by atoms with Crippen molar-refractivity contribution in [2.45, 2.75) is 0 Å². The van der Waals surface area contributed by atoms with Crippen molar-refractivity contribution in [2.24, 2.45) is 0 Å². The van der Waals surface area contributed by atoms with E-state index in [0.29, 0.717) is 17.5 Å². The average Bonchev–Trinajstić information content (AvgIpc) is 3.58. The van der Waals surface area contributed by atoms with Crippen molar-refractivity contribution in [3.8, 4) is 51.0 Å². The first-order valence-electron chi connectivity index (χ1n) is 18.6. The molecule has 9 aromatic carbocycles. The Hall–Kier alpha value is -7.43. The Bertz CT molecular complexity index is 3260. The molecule has 0 bridgehead atoms. The van der Waals surface area contributed by atoms with E-state index in [1.807, 2.05) is 24.3 Å². The zero-order valence-electron chi connectivity index (χ0n) is 29.8. The number of aromatic nitrogens is 4. The third-order valence-corrected chi connectivity index (χ3v) is 10.8. The van der Waals surface area contributed by atoms with Gasteiger partial charge in [0, 0.05) is 32.8 Å². The zero-order chi connectivity index (χ0) is 36.3. The van der Waals surface area contributed by atoms with Crippen LogP contribution in [0.2, 0.25) is 0 Å². The molecule has 11 aromatic rings. The van der Waals surface area contributed by atoms with E-state index in [1.165, 1.54) is 49.1 Å². The molecule has 0 amide bonds. The predicted octanol–water partition coefficient (Wildman–Crippen LogP) is 13.1. The minimum Gasteiger partial charge on any atom is -0.309 e. The highest BCUT2D eigenvalue weighted by Crippen LogP contribution is 2.39. The Morgan fingerprint density at radius 1 is 0.291 bits per heavy atom. The fraction of sp³-hybridized carbons (Fsp3) is 0. The van der Waals surface area contributed by atoms with E-state index in [0.717, 1.165) is 38.5 Å². The normalized spacial score (nSPS) is 11.6. The molecule has 0 fully saturated rings. The van der Waals surface area contributed by atoms with Crippen LogP contribution in [0.1, 0.15) is 0 Å². The van der Waals surface area contributed by atoms with Crippen LogP contribution >= 0.6 is 0 Å². The smallest absolute Gasteiger partial charge is 0.164 e. The number of benzene rings is 9. The maximum Gasteiger partial charge on any atom is 0.164 e. The maximum atomic E-state index is 5.22. The standard InChI is InChI=1S/C51H32N4/c1-3-13-33(14-4-1)37-23-24-39-30-40(26-25-38(39)29-37)50-52-49(34-15-5-2-6-16-34)53-51(54-50)44-27-28-47(42-20-10-9-19-41(42)44)55-46-22-12-11-21-43(46)45-31-35-17-7-8-18-36(35)32-48(45)55/h1-32H. The summed E-state index contributed by atoms with van der Waals surface area (Å²) in [5.41, 5.74) is 8.71. The Balaban J connectivity index is 1.10. The molecular formula is C51H32N4. The van der Waals surface area contributed by atoms with Gasteiger partial charge in [0.2, 0.25) is 0 Å². The van der Waals surface area contributed by atoms with Crippen molar-refractivity contribution >= 4 is 54.1 Å². The highest BCUT2D eigenvalue weighted by atomic mass is 15.0. The molecule has 55 heavy (non-hydrogen) atoms. The summed E-state index contributed by atoms with van der Waals surface area (Å²) in [7, 11) is 0. The topological polar surface area (TPSA) is 43.6 Å². The molecule has 0 radical (unpaired) electrons. The first kappa shape index (κ1) is 31.1. The molecule has 0 saturated heterocycles. The van der Waals surface area contributed by atoms with E-state index in [4.69, 9.17) is 15.0 Å². The summed E-state index contributed by atoms with van der Waals surface area (Å²) in [6.07, 6.45) is 0. The fourth-order valence-corrected chi connectivity index (χ4v) is 8.12. The van der Waals surface area contributed by atoms with E-state index >= 15 is 0 Å². The third kappa shape index (κ3) is 5.26. The van der Waals surface area contributed by atoms with Crippen LogP contribution in [-0.2, 0) is 0 Å². The quantitative estimate of drug-likeness (QED) is 0.179. The molecule has 0 aliphatic carbocycles. The molecule has 0 atom stereocenters. The lowest BCUT2D eigenvalue weighted by atomic mass is 9.99. The minimum absolute atomic E-state index is 0.638. The number of para-hydroxylation sites is 1. The van der Waals surface area contributed by atoms with Crippen LogP contribution in [0.4, 0.5) is 0 Å². The zero-order valence-corrected chi connectivity index (χ0v) is 29.8. The molecule has 0 aliphatic rings. The molecule has 0 saturated carbocycles. The van der Waals surface area contributed by atoms with Gasteiger partial charge in [-0.25, -0.2) is 15.0 Å². The molecule has 4 nitrogen and oxygen atoms in total. The number of fused-ring (bicyclic) bond motifs is 6. The maximum absolute atomic E-state index is 5.22. The van der Waals surface area contributed by atoms with Gasteiger partial charge in [0.25, 0.3) is 0 Å². The summed E-state index contributed by atoms with van der Waals surface area (Å²) in [5.74, 6) is 1.92.